The molecule has 1 heterocycles. The number of rotatable bonds is 8. The molecule has 1 aliphatic heterocycles. The Morgan fingerprint density at radius 3 is 2.43 bits per heavy atom. The molecule has 1 aromatic carbocycles. The Morgan fingerprint density at radius 1 is 1.10 bits per heavy atom. The van der Waals surface area contributed by atoms with Crippen LogP contribution in [0.15, 0.2) is 30.3 Å². The monoisotopic (exact) mass is 307 g/mol. The first kappa shape index (κ1) is 16.2. The Hall–Kier alpha value is -1.16. The van der Waals surface area contributed by atoms with Gasteiger partial charge in [0.1, 0.15) is 5.37 Å². The second-order valence-electron chi connectivity index (χ2n) is 5.86. The van der Waals surface area contributed by atoms with E-state index in [0.29, 0.717) is 0 Å². The van der Waals surface area contributed by atoms with Gasteiger partial charge in [-0.2, -0.15) is 0 Å². The number of aryl methyl sites for hydroxylation is 1. The fourth-order valence-electron chi connectivity index (χ4n) is 3.01. The molecule has 1 fully saturated rings. The molecule has 0 aromatic heterocycles. The molecule has 0 bridgehead atoms. The van der Waals surface area contributed by atoms with E-state index in [0.717, 1.165) is 25.8 Å². The smallest absolute Gasteiger partial charge is 0.229 e. The average molecular weight is 307 g/mol. The molecule has 1 unspecified atom stereocenters. The number of amides is 1. The topological polar surface area (TPSA) is 37.4 Å². The number of carbonyl (C=O) groups is 1. The Balaban J connectivity index is 1.60. The van der Waals surface area contributed by atoms with Crippen molar-refractivity contribution < 1.29 is 9.00 Å². The molecule has 2 rings (SSSR count). The lowest BCUT2D eigenvalue weighted by Crippen LogP contribution is -2.61. The number of carbonyl (C=O) groups excluding carboxylic acids is 1. The van der Waals surface area contributed by atoms with Crippen molar-refractivity contribution in [2.24, 2.45) is 5.92 Å². The van der Waals surface area contributed by atoms with Crippen LogP contribution in [0.25, 0.3) is 0 Å². The van der Waals surface area contributed by atoms with Crippen LogP contribution in [0.5, 0.6) is 0 Å². The number of likely N-dealkylation sites (tertiary alicyclic amines) is 1. The summed E-state index contributed by atoms with van der Waals surface area (Å²) in [5.41, 5.74) is 1.39. The summed E-state index contributed by atoms with van der Waals surface area (Å²) >= 11 is 0. The van der Waals surface area contributed by atoms with E-state index in [-0.39, 0.29) is 17.2 Å². The zero-order valence-electron chi connectivity index (χ0n) is 13.0. The molecule has 0 radical (unpaired) electrons. The van der Waals surface area contributed by atoms with Gasteiger partial charge in [-0.05, 0) is 24.8 Å². The minimum Gasteiger partial charge on any atom is -0.327 e. The molecule has 1 amide bonds. The van der Waals surface area contributed by atoms with Crippen molar-refractivity contribution in [3.8, 4) is 0 Å². The third kappa shape index (κ3) is 4.16. The molecule has 0 N–H and O–H groups in total. The number of benzene rings is 1. The standard InChI is InChI=1S/C17H25NO2S/c1-14-16(19)18(17(14)21(2)20)13-9-4-3-6-10-15-11-7-5-8-12-15/h5,7-8,11-12,14,17H,3-4,6,9-10,13H2,1-2H3/t14-,17+,21?/m1/s1. The van der Waals surface area contributed by atoms with Crippen molar-refractivity contribution in [2.45, 2.75) is 44.4 Å². The van der Waals surface area contributed by atoms with E-state index < -0.39 is 10.8 Å². The van der Waals surface area contributed by atoms with E-state index in [2.05, 4.69) is 24.3 Å². The molecule has 1 saturated heterocycles. The molecule has 21 heavy (non-hydrogen) atoms. The van der Waals surface area contributed by atoms with E-state index >= 15 is 0 Å². The SMILES string of the molecule is C[C@@H]1C(=O)N(CCCCCCc2ccccc2)[C@H]1S(C)=O. The van der Waals surface area contributed by atoms with Crippen LogP contribution >= 0.6 is 0 Å². The molecular formula is C17H25NO2S. The maximum Gasteiger partial charge on any atom is 0.229 e. The highest BCUT2D eigenvalue weighted by atomic mass is 32.2. The van der Waals surface area contributed by atoms with Gasteiger partial charge in [-0.1, -0.05) is 50.1 Å². The highest BCUT2D eigenvalue weighted by Gasteiger charge is 2.45. The maximum atomic E-state index is 11.8. The average Bonchev–Trinajstić information content (AvgIpc) is 2.49. The van der Waals surface area contributed by atoms with Crippen LogP contribution in [0.3, 0.4) is 0 Å². The van der Waals surface area contributed by atoms with E-state index in [1.165, 1.54) is 18.4 Å². The minimum absolute atomic E-state index is 0.0539. The molecule has 116 valence electrons. The molecular weight excluding hydrogens is 282 g/mol. The van der Waals surface area contributed by atoms with Gasteiger partial charge >= 0.3 is 0 Å². The van der Waals surface area contributed by atoms with Gasteiger partial charge in [-0.3, -0.25) is 9.00 Å². The van der Waals surface area contributed by atoms with Crippen LogP contribution in [-0.2, 0) is 22.0 Å². The van der Waals surface area contributed by atoms with Gasteiger partial charge in [-0.15, -0.1) is 0 Å². The summed E-state index contributed by atoms with van der Waals surface area (Å²) in [5.74, 6) is 0.105. The highest BCUT2D eigenvalue weighted by Crippen LogP contribution is 2.28. The van der Waals surface area contributed by atoms with Crippen molar-refractivity contribution in [2.75, 3.05) is 12.8 Å². The van der Waals surface area contributed by atoms with Gasteiger partial charge in [0.15, 0.2) is 0 Å². The van der Waals surface area contributed by atoms with Crippen molar-refractivity contribution in [1.82, 2.24) is 4.90 Å². The van der Waals surface area contributed by atoms with Gasteiger partial charge in [0, 0.05) is 23.6 Å². The fraction of sp³-hybridized carbons (Fsp3) is 0.588. The lowest BCUT2D eigenvalue weighted by Gasteiger charge is -2.44. The predicted octanol–water partition coefficient (Wildman–Crippen LogP) is 2.97. The molecule has 4 heteroatoms. The Labute approximate surface area is 130 Å². The van der Waals surface area contributed by atoms with Gasteiger partial charge < -0.3 is 4.90 Å². The lowest BCUT2D eigenvalue weighted by atomic mass is 10.00. The Morgan fingerprint density at radius 2 is 1.76 bits per heavy atom. The van der Waals surface area contributed by atoms with Crippen LogP contribution < -0.4 is 0 Å². The van der Waals surface area contributed by atoms with Crippen molar-refractivity contribution >= 4 is 16.7 Å². The van der Waals surface area contributed by atoms with Crippen LogP contribution in [-0.4, -0.2) is 33.2 Å². The summed E-state index contributed by atoms with van der Waals surface area (Å²) < 4.78 is 11.6. The summed E-state index contributed by atoms with van der Waals surface area (Å²) in [6.07, 6.45) is 7.35. The summed E-state index contributed by atoms with van der Waals surface area (Å²) in [5, 5.41) is -0.0539. The molecule has 0 spiro atoms. The summed E-state index contributed by atoms with van der Waals surface area (Å²) in [6, 6.07) is 10.5. The lowest BCUT2D eigenvalue weighted by molar-refractivity contribution is -0.149. The van der Waals surface area contributed by atoms with E-state index in [1.54, 1.807) is 11.2 Å². The number of hydrogen-bond donors (Lipinski definition) is 0. The van der Waals surface area contributed by atoms with Gasteiger partial charge in [0.05, 0.1) is 5.92 Å². The molecule has 3 atom stereocenters. The summed E-state index contributed by atoms with van der Waals surface area (Å²) in [7, 11) is -0.933. The molecule has 0 saturated carbocycles. The molecule has 1 aromatic rings. The number of unbranched alkanes of at least 4 members (excludes halogenated alkanes) is 3. The first-order valence-electron chi connectivity index (χ1n) is 7.78. The van der Waals surface area contributed by atoms with Crippen LogP contribution in [0, 0.1) is 5.92 Å². The molecule has 3 nitrogen and oxygen atoms in total. The quantitative estimate of drug-likeness (QED) is 0.547. The van der Waals surface area contributed by atoms with Crippen LogP contribution in [0.4, 0.5) is 0 Å². The second-order valence-corrected chi connectivity index (χ2v) is 7.34. The minimum atomic E-state index is -0.933. The molecule has 1 aliphatic rings. The molecule has 0 aliphatic carbocycles. The summed E-state index contributed by atoms with van der Waals surface area (Å²) in [4.78, 5) is 13.6. The van der Waals surface area contributed by atoms with Gasteiger partial charge in [0.2, 0.25) is 5.91 Å². The van der Waals surface area contributed by atoms with Crippen LogP contribution in [0.1, 0.15) is 38.2 Å². The third-order valence-electron chi connectivity index (χ3n) is 4.20. The number of hydrogen-bond acceptors (Lipinski definition) is 2. The Bertz CT molecular complexity index is 489. The van der Waals surface area contributed by atoms with Gasteiger partial charge in [-0.25, -0.2) is 0 Å². The highest BCUT2D eigenvalue weighted by molar-refractivity contribution is 7.85. The predicted molar refractivity (Wildman–Crippen MR) is 87.3 cm³/mol. The number of nitrogens with zero attached hydrogens (tertiary/aromatic N) is 1. The third-order valence-corrected chi connectivity index (χ3v) is 5.55. The number of β-lactam (4-membered cyclic amide) rings is 1. The Kier molecular flexibility index (Phi) is 5.97. The first-order chi connectivity index (χ1) is 10.1. The summed E-state index contributed by atoms with van der Waals surface area (Å²) in [6.45, 7) is 2.64. The van der Waals surface area contributed by atoms with E-state index in [1.807, 2.05) is 13.0 Å². The fourth-order valence-corrected chi connectivity index (χ4v) is 4.27. The van der Waals surface area contributed by atoms with E-state index in [4.69, 9.17) is 0 Å². The van der Waals surface area contributed by atoms with Crippen molar-refractivity contribution in [1.29, 1.82) is 0 Å². The first-order valence-corrected chi connectivity index (χ1v) is 9.40. The second kappa shape index (κ2) is 7.74. The normalized spacial score (nSPS) is 23.0. The largest absolute Gasteiger partial charge is 0.327 e. The zero-order valence-corrected chi connectivity index (χ0v) is 13.8. The van der Waals surface area contributed by atoms with Crippen molar-refractivity contribution in [3.63, 3.8) is 0 Å². The van der Waals surface area contributed by atoms with E-state index in [9.17, 15) is 9.00 Å². The maximum absolute atomic E-state index is 11.8. The van der Waals surface area contributed by atoms with Crippen molar-refractivity contribution in [3.05, 3.63) is 35.9 Å². The van der Waals surface area contributed by atoms with Crippen LogP contribution in [0.2, 0.25) is 0 Å². The van der Waals surface area contributed by atoms with Gasteiger partial charge in [0.25, 0.3) is 0 Å². The zero-order chi connectivity index (χ0) is 15.2.